The van der Waals surface area contributed by atoms with Crippen LogP contribution in [0.15, 0.2) is 4.42 Å². The topological polar surface area (TPSA) is 55.1 Å². The van der Waals surface area contributed by atoms with Crippen LogP contribution in [0.1, 0.15) is 22.1 Å². The number of nitrogens with one attached hydrogen (secondary N) is 1. The second-order valence-corrected chi connectivity index (χ2v) is 2.47. The molecule has 0 spiro atoms. The summed E-state index contributed by atoms with van der Waals surface area (Å²) >= 11 is 0. The highest BCUT2D eigenvalue weighted by Gasteiger charge is 2.15. The van der Waals surface area contributed by atoms with Crippen LogP contribution in [-0.2, 0) is 13.0 Å². The largest absolute Gasteiger partial charge is 0.439 e. The van der Waals surface area contributed by atoms with E-state index in [0.717, 1.165) is 24.4 Å². The highest BCUT2D eigenvalue weighted by molar-refractivity contribution is 5.67. The molecule has 4 heteroatoms. The van der Waals surface area contributed by atoms with Crippen LogP contribution in [0.4, 0.5) is 0 Å². The Morgan fingerprint density at radius 3 is 3.27 bits per heavy atom. The van der Waals surface area contributed by atoms with Gasteiger partial charge in [-0.05, 0) is 0 Å². The number of carbonyl (C=O) groups is 1. The van der Waals surface area contributed by atoms with E-state index in [1.54, 1.807) is 0 Å². The lowest BCUT2D eigenvalue weighted by Crippen LogP contribution is -2.22. The molecule has 1 aliphatic heterocycles. The van der Waals surface area contributed by atoms with Crippen molar-refractivity contribution in [2.45, 2.75) is 13.0 Å². The first-order chi connectivity index (χ1) is 5.40. The molecule has 0 aliphatic carbocycles. The van der Waals surface area contributed by atoms with Crippen molar-refractivity contribution in [3.8, 4) is 0 Å². The zero-order valence-corrected chi connectivity index (χ0v) is 5.96. The van der Waals surface area contributed by atoms with Crippen molar-refractivity contribution in [2.24, 2.45) is 0 Å². The molecule has 1 N–H and O–H groups in total. The highest BCUT2D eigenvalue weighted by Crippen LogP contribution is 2.13. The molecule has 0 fully saturated rings. The minimum atomic E-state index is 0.193. The average molecular weight is 152 g/mol. The van der Waals surface area contributed by atoms with Gasteiger partial charge in [-0.2, -0.15) is 0 Å². The minimum Gasteiger partial charge on any atom is -0.439 e. The molecule has 0 radical (unpaired) electrons. The van der Waals surface area contributed by atoms with Crippen LogP contribution in [0.5, 0.6) is 0 Å². The third kappa shape index (κ3) is 1.05. The summed E-state index contributed by atoms with van der Waals surface area (Å²) in [4.78, 5) is 14.2. The lowest BCUT2D eigenvalue weighted by Gasteiger charge is -2.07. The maximum absolute atomic E-state index is 10.2. The van der Waals surface area contributed by atoms with Gasteiger partial charge >= 0.3 is 0 Å². The van der Waals surface area contributed by atoms with E-state index in [2.05, 4.69) is 10.3 Å². The van der Waals surface area contributed by atoms with Crippen molar-refractivity contribution >= 4 is 6.29 Å². The second kappa shape index (κ2) is 2.47. The zero-order chi connectivity index (χ0) is 7.68. The maximum atomic E-state index is 10.2. The predicted molar refractivity (Wildman–Crippen MR) is 37.3 cm³/mol. The summed E-state index contributed by atoms with van der Waals surface area (Å²) in [6, 6.07) is 0. The Balaban J connectivity index is 2.39. The first kappa shape index (κ1) is 6.54. The monoisotopic (exact) mass is 152 g/mol. The van der Waals surface area contributed by atoms with Crippen molar-refractivity contribution in [1.29, 1.82) is 0 Å². The molecule has 2 heterocycles. The zero-order valence-electron chi connectivity index (χ0n) is 5.96. The number of hydrogen-bond acceptors (Lipinski definition) is 4. The van der Waals surface area contributed by atoms with Crippen LogP contribution in [0, 0.1) is 0 Å². The summed E-state index contributed by atoms with van der Waals surface area (Å²) in [5.41, 5.74) is 0.873. The summed E-state index contributed by atoms with van der Waals surface area (Å²) in [6.45, 7) is 1.62. The second-order valence-electron chi connectivity index (χ2n) is 2.47. The Morgan fingerprint density at radius 2 is 2.55 bits per heavy atom. The van der Waals surface area contributed by atoms with Gasteiger partial charge in [-0.1, -0.05) is 0 Å². The SMILES string of the molecule is O=Cc1nc2c(o1)CCNC2. The molecule has 0 atom stereocenters. The number of carbonyl (C=O) groups excluding carboxylic acids is 1. The van der Waals surface area contributed by atoms with Gasteiger partial charge in [0.15, 0.2) is 0 Å². The first-order valence-electron chi connectivity index (χ1n) is 3.54. The smallest absolute Gasteiger partial charge is 0.260 e. The summed E-state index contributed by atoms with van der Waals surface area (Å²) in [5, 5.41) is 3.14. The van der Waals surface area contributed by atoms with E-state index in [1.165, 1.54) is 0 Å². The molecule has 11 heavy (non-hydrogen) atoms. The fraction of sp³-hybridized carbons (Fsp3) is 0.429. The quantitative estimate of drug-likeness (QED) is 0.581. The summed E-state index contributed by atoms with van der Waals surface area (Å²) in [7, 11) is 0. The molecule has 0 saturated heterocycles. The molecular weight excluding hydrogens is 144 g/mol. The molecule has 1 aromatic rings. The van der Waals surface area contributed by atoms with Crippen molar-refractivity contribution in [1.82, 2.24) is 10.3 Å². The van der Waals surface area contributed by atoms with Gasteiger partial charge in [-0.25, -0.2) is 4.98 Å². The summed E-state index contributed by atoms with van der Waals surface area (Å²) < 4.78 is 5.14. The van der Waals surface area contributed by atoms with Gasteiger partial charge in [0.1, 0.15) is 5.76 Å². The van der Waals surface area contributed by atoms with E-state index in [1.807, 2.05) is 0 Å². The van der Waals surface area contributed by atoms with Gasteiger partial charge in [-0.3, -0.25) is 4.79 Å². The lowest BCUT2D eigenvalue weighted by molar-refractivity contribution is 0.109. The normalized spacial score (nSPS) is 16.0. The lowest BCUT2D eigenvalue weighted by atomic mass is 10.2. The van der Waals surface area contributed by atoms with Crippen LogP contribution in [0.3, 0.4) is 0 Å². The molecule has 0 bridgehead atoms. The number of hydrogen-bond donors (Lipinski definition) is 1. The molecule has 0 saturated carbocycles. The summed E-state index contributed by atoms with van der Waals surface area (Å²) in [5.74, 6) is 1.05. The van der Waals surface area contributed by atoms with E-state index >= 15 is 0 Å². The molecule has 4 nitrogen and oxygen atoms in total. The van der Waals surface area contributed by atoms with Crippen LogP contribution in [0.25, 0.3) is 0 Å². The molecule has 2 rings (SSSR count). The molecule has 0 amide bonds. The Labute approximate surface area is 63.6 Å². The van der Waals surface area contributed by atoms with E-state index in [9.17, 15) is 4.79 Å². The van der Waals surface area contributed by atoms with Crippen LogP contribution >= 0.6 is 0 Å². The molecule has 0 aromatic carbocycles. The standard InChI is InChI=1S/C7H8N2O2/c10-4-7-9-5-3-8-2-1-6(5)11-7/h4,8H,1-3H2. The number of oxazole rings is 1. The fourth-order valence-corrected chi connectivity index (χ4v) is 1.20. The Bertz CT molecular complexity index is 256. The van der Waals surface area contributed by atoms with E-state index in [4.69, 9.17) is 4.42 Å². The number of rotatable bonds is 1. The highest BCUT2D eigenvalue weighted by atomic mass is 16.4. The van der Waals surface area contributed by atoms with Crippen molar-refractivity contribution in [3.05, 3.63) is 17.3 Å². The number of nitrogens with zero attached hydrogens (tertiary/aromatic N) is 1. The molecule has 1 aromatic heterocycles. The summed E-state index contributed by atoms with van der Waals surface area (Å²) in [6.07, 6.45) is 1.47. The van der Waals surface area contributed by atoms with Crippen LogP contribution in [0.2, 0.25) is 0 Å². The van der Waals surface area contributed by atoms with Gasteiger partial charge in [0.25, 0.3) is 5.89 Å². The molecule has 0 unspecified atom stereocenters. The van der Waals surface area contributed by atoms with Crippen LogP contribution < -0.4 is 5.32 Å². The minimum absolute atomic E-state index is 0.193. The van der Waals surface area contributed by atoms with E-state index in [0.29, 0.717) is 12.8 Å². The van der Waals surface area contributed by atoms with Gasteiger partial charge in [0, 0.05) is 19.5 Å². The third-order valence-corrected chi connectivity index (χ3v) is 1.72. The molecule has 1 aliphatic rings. The average Bonchev–Trinajstić information content (AvgIpc) is 2.46. The maximum Gasteiger partial charge on any atom is 0.260 e. The van der Waals surface area contributed by atoms with E-state index in [-0.39, 0.29) is 5.89 Å². The number of aldehydes is 1. The van der Waals surface area contributed by atoms with Gasteiger partial charge in [-0.15, -0.1) is 0 Å². The van der Waals surface area contributed by atoms with Gasteiger partial charge < -0.3 is 9.73 Å². The van der Waals surface area contributed by atoms with Crippen molar-refractivity contribution < 1.29 is 9.21 Å². The fourth-order valence-electron chi connectivity index (χ4n) is 1.20. The van der Waals surface area contributed by atoms with Crippen molar-refractivity contribution in [3.63, 3.8) is 0 Å². The Hall–Kier alpha value is -1.16. The molecular formula is C7H8N2O2. The van der Waals surface area contributed by atoms with Gasteiger partial charge in [0.2, 0.25) is 6.29 Å². The predicted octanol–water partition coefficient (Wildman–Crippen LogP) is 0.133. The van der Waals surface area contributed by atoms with Crippen molar-refractivity contribution in [2.75, 3.05) is 6.54 Å². The number of aromatic nitrogens is 1. The third-order valence-electron chi connectivity index (χ3n) is 1.72. The Morgan fingerprint density at radius 1 is 1.64 bits per heavy atom. The van der Waals surface area contributed by atoms with Crippen LogP contribution in [-0.4, -0.2) is 17.8 Å². The first-order valence-corrected chi connectivity index (χ1v) is 3.54. The Kier molecular flexibility index (Phi) is 1.47. The van der Waals surface area contributed by atoms with Gasteiger partial charge in [0.05, 0.1) is 5.69 Å². The van der Waals surface area contributed by atoms with E-state index < -0.39 is 0 Å². The molecule has 58 valence electrons. The number of fused-ring (bicyclic) bond motifs is 1.